The van der Waals surface area contributed by atoms with Crippen molar-refractivity contribution in [1.29, 1.82) is 0 Å². The number of hydrogen-bond acceptors (Lipinski definition) is 6. The van der Waals surface area contributed by atoms with E-state index in [0.29, 0.717) is 22.8 Å². The molecule has 0 aromatic heterocycles. The molecule has 7 nitrogen and oxygen atoms in total. The molecule has 0 spiro atoms. The van der Waals surface area contributed by atoms with Gasteiger partial charge in [-0.25, -0.2) is 13.6 Å². The van der Waals surface area contributed by atoms with Crippen LogP contribution in [0.4, 0.5) is 19.3 Å². The average molecular weight is 651 g/mol. The number of hydrogen-bond donors (Lipinski definition) is 2. The number of alkyl halides is 1. The van der Waals surface area contributed by atoms with Gasteiger partial charge in [-0.15, -0.1) is 0 Å². The van der Waals surface area contributed by atoms with Crippen LogP contribution in [0, 0.1) is 11.7 Å². The Morgan fingerprint density at radius 1 is 0.915 bits per heavy atom. The second-order valence-corrected chi connectivity index (χ2v) is 14.2. The van der Waals surface area contributed by atoms with Gasteiger partial charge >= 0.3 is 12.1 Å². The zero-order chi connectivity index (χ0) is 34.2. The molecule has 254 valence electrons. The Kier molecular flexibility index (Phi) is 11.9. The summed E-state index contributed by atoms with van der Waals surface area (Å²) >= 11 is 0. The standard InChI is InChI=1S/C38H48F2N2O5/c1-37(2,3)46-34(43)21-27-14-9-10-17-33(27)45-24-26-18-28(20-29(19-26)41-23-25-12-7-8-13-25)30-15-11-16-31(35(30)40)32(22-39)42-36(44)47-38(4,5)6/h9-11,14-20,25,32,41H,7-8,12-13,21-24H2,1-6H3,(H,42,44). The fourth-order valence-electron chi connectivity index (χ4n) is 5.69. The molecule has 0 saturated heterocycles. The zero-order valence-electron chi connectivity index (χ0n) is 28.4. The molecule has 1 fully saturated rings. The Hall–Kier alpha value is -4.14. The second kappa shape index (κ2) is 15.6. The van der Waals surface area contributed by atoms with E-state index in [0.717, 1.165) is 17.8 Å². The quantitative estimate of drug-likeness (QED) is 0.190. The number of anilines is 1. The molecule has 4 rings (SSSR count). The van der Waals surface area contributed by atoms with Gasteiger partial charge in [-0.3, -0.25) is 4.79 Å². The van der Waals surface area contributed by atoms with Crippen molar-refractivity contribution in [2.75, 3.05) is 18.5 Å². The van der Waals surface area contributed by atoms with Gasteiger partial charge in [-0.2, -0.15) is 0 Å². The number of alkyl carbamates (subject to hydrolysis) is 1. The van der Waals surface area contributed by atoms with E-state index in [4.69, 9.17) is 14.2 Å². The predicted octanol–water partition coefficient (Wildman–Crippen LogP) is 9.09. The summed E-state index contributed by atoms with van der Waals surface area (Å²) < 4.78 is 47.4. The lowest BCUT2D eigenvalue weighted by Gasteiger charge is -2.23. The number of rotatable bonds is 12. The third-order valence-corrected chi connectivity index (χ3v) is 7.74. The smallest absolute Gasteiger partial charge is 0.408 e. The van der Waals surface area contributed by atoms with Gasteiger partial charge in [0.25, 0.3) is 0 Å². The number of esters is 1. The summed E-state index contributed by atoms with van der Waals surface area (Å²) in [6.45, 7) is 10.5. The molecule has 1 aliphatic rings. The number of amides is 1. The topological polar surface area (TPSA) is 85.9 Å². The lowest BCUT2D eigenvalue weighted by atomic mass is 9.96. The third-order valence-electron chi connectivity index (χ3n) is 7.74. The minimum atomic E-state index is -1.22. The molecule has 3 aromatic rings. The van der Waals surface area contributed by atoms with E-state index < -0.39 is 35.8 Å². The highest BCUT2D eigenvalue weighted by Gasteiger charge is 2.25. The third kappa shape index (κ3) is 11.0. The summed E-state index contributed by atoms with van der Waals surface area (Å²) in [6, 6.07) is 16.5. The van der Waals surface area contributed by atoms with Crippen LogP contribution in [0.2, 0.25) is 0 Å². The fraction of sp³-hybridized carbons (Fsp3) is 0.474. The van der Waals surface area contributed by atoms with E-state index in [1.54, 1.807) is 39.0 Å². The van der Waals surface area contributed by atoms with E-state index in [-0.39, 0.29) is 30.1 Å². The molecule has 0 aliphatic heterocycles. The second-order valence-electron chi connectivity index (χ2n) is 14.2. The Balaban J connectivity index is 1.61. The number of halogens is 2. The molecule has 47 heavy (non-hydrogen) atoms. The van der Waals surface area contributed by atoms with E-state index in [2.05, 4.69) is 10.6 Å². The van der Waals surface area contributed by atoms with E-state index >= 15 is 4.39 Å². The molecule has 1 saturated carbocycles. The Bertz CT molecular complexity index is 1520. The van der Waals surface area contributed by atoms with Gasteiger partial charge in [-0.05, 0) is 95.7 Å². The summed E-state index contributed by atoms with van der Waals surface area (Å²) in [5, 5.41) is 6.00. The number of ether oxygens (including phenoxy) is 3. The molecule has 9 heteroatoms. The summed E-state index contributed by atoms with van der Waals surface area (Å²) in [7, 11) is 0. The van der Waals surface area contributed by atoms with Crippen molar-refractivity contribution < 1.29 is 32.6 Å². The summed E-state index contributed by atoms with van der Waals surface area (Å²) in [5.74, 6) is 0.143. The van der Waals surface area contributed by atoms with Crippen molar-refractivity contribution in [2.45, 2.75) is 97.5 Å². The first kappa shape index (κ1) is 35.7. The normalized spacial score (nSPS) is 14.4. The molecule has 1 amide bonds. The lowest BCUT2D eigenvalue weighted by Crippen LogP contribution is -2.36. The van der Waals surface area contributed by atoms with Crippen molar-refractivity contribution in [2.24, 2.45) is 5.92 Å². The lowest BCUT2D eigenvalue weighted by molar-refractivity contribution is -0.153. The predicted molar refractivity (Wildman–Crippen MR) is 181 cm³/mol. The van der Waals surface area contributed by atoms with Gasteiger partial charge in [0.15, 0.2) is 0 Å². The molecular weight excluding hydrogens is 602 g/mol. The van der Waals surface area contributed by atoms with Crippen LogP contribution in [0.1, 0.15) is 90.0 Å². The molecular formula is C38H48F2N2O5. The number of nitrogens with one attached hydrogen (secondary N) is 2. The van der Waals surface area contributed by atoms with Crippen molar-refractivity contribution >= 4 is 17.7 Å². The summed E-state index contributed by atoms with van der Waals surface area (Å²) in [5.41, 5.74) is 1.78. The van der Waals surface area contributed by atoms with Crippen LogP contribution >= 0.6 is 0 Å². The van der Waals surface area contributed by atoms with E-state index in [1.807, 2.05) is 57.2 Å². The number of carbonyl (C=O) groups excluding carboxylic acids is 2. The minimum absolute atomic E-state index is 0.0223. The van der Waals surface area contributed by atoms with Gasteiger partial charge in [0.05, 0.1) is 12.5 Å². The molecule has 1 aliphatic carbocycles. The number of para-hydroxylation sites is 1. The van der Waals surface area contributed by atoms with Crippen LogP contribution in [-0.4, -0.2) is 36.5 Å². The zero-order valence-corrected chi connectivity index (χ0v) is 28.4. The van der Waals surface area contributed by atoms with Crippen molar-refractivity contribution in [3.8, 4) is 16.9 Å². The fourth-order valence-corrected chi connectivity index (χ4v) is 5.69. The first-order valence-corrected chi connectivity index (χ1v) is 16.4. The highest BCUT2D eigenvalue weighted by molar-refractivity contribution is 5.74. The highest BCUT2D eigenvalue weighted by Crippen LogP contribution is 2.33. The maximum absolute atomic E-state index is 16.2. The maximum Gasteiger partial charge on any atom is 0.408 e. The molecule has 0 bridgehead atoms. The SMILES string of the molecule is CC(C)(C)OC(=O)Cc1ccccc1OCc1cc(NCC2CCCC2)cc(-c2cccc(C(CF)NC(=O)OC(C)(C)C)c2F)c1. The van der Waals surface area contributed by atoms with Gasteiger partial charge in [0.2, 0.25) is 0 Å². The van der Waals surface area contributed by atoms with Crippen LogP contribution in [-0.2, 0) is 27.3 Å². The largest absolute Gasteiger partial charge is 0.489 e. The molecule has 1 atom stereocenters. The minimum Gasteiger partial charge on any atom is -0.489 e. The first-order valence-electron chi connectivity index (χ1n) is 16.4. The maximum atomic E-state index is 16.2. The van der Waals surface area contributed by atoms with E-state index in [9.17, 15) is 14.0 Å². The molecule has 1 unspecified atom stereocenters. The Morgan fingerprint density at radius 3 is 2.30 bits per heavy atom. The monoisotopic (exact) mass is 650 g/mol. The van der Waals surface area contributed by atoms with Crippen molar-refractivity contribution in [3.05, 3.63) is 83.2 Å². The van der Waals surface area contributed by atoms with Gasteiger partial charge < -0.3 is 24.8 Å². The highest BCUT2D eigenvalue weighted by atomic mass is 19.1. The average Bonchev–Trinajstić information content (AvgIpc) is 3.51. The van der Waals surface area contributed by atoms with Crippen LogP contribution < -0.4 is 15.4 Å². The van der Waals surface area contributed by atoms with Crippen LogP contribution in [0.15, 0.2) is 60.7 Å². The summed E-state index contributed by atoms with van der Waals surface area (Å²) in [6.07, 6.45) is 4.02. The van der Waals surface area contributed by atoms with Crippen molar-refractivity contribution in [1.82, 2.24) is 5.32 Å². The molecule has 2 N–H and O–H groups in total. The van der Waals surface area contributed by atoms with Crippen molar-refractivity contribution in [3.63, 3.8) is 0 Å². The van der Waals surface area contributed by atoms with Gasteiger partial charge in [0, 0.05) is 28.9 Å². The number of carbonyl (C=O) groups is 2. The Morgan fingerprint density at radius 2 is 1.62 bits per heavy atom. The molecule has 0 radical (unpaired) electrons. The van der Waals surface area contributed by atoms with E-state index in [1.165, 1.54) is 31.7 Å². The van der Waals surface area contributed by atoms with Crippen LogP contribution in [0.5, 0.6) is 5.75 Å². The van der Waals surface area contributed by atoms with Gasteiger partial charge in [0.1, 0.15) is 36.1 Å². The first-order chi connectivity index (χ1) is 22.2. The summed E-state index contributed by atoms with van der Waals surface area (Å²) in [4.78, 5) is 25.0. The van der Waals surface area contributed by atoms with Crippen LogP contribution in [0.3, 0.4) is 0 Å². The molecule has 3 aromatic carbocycles. The molecule has 0 heterocycles. The van der Waals surface area contributed by atoms with Gasteiger partial charge in [-0.1, -0.05) is 49.2 Å². The van der Waals surface area contributed by atoms with Crippen LogP contribution in [0.25, 0.3) is 11.1 Å². The number of benzene rings is 3. The Labute approximate surface area is 277 Å².